The van der Waals surface area contributed by atoms with E-state index < -0.39 is 23.0 Å². The van der Waals surface area contributed by atoms with Crippen molar-refractivity contribution in [1.82, 2.24) is 24.5 Å². The number of hydrogen-bond donors (Lipinski definition) is 0. The first-order valence-electron chi connectivity index (χ1n) is 9.70. The van der Waals surface area contributed by atoms with Gasteiger partial charge in [0.15, 0.2) is 0 Å². The van der Waals surface area contributed by atoms with Crippen LogP contribution in [0.15, 0.2) is 24.3 Å². The Labute approximate surface area is 181 Å². The number of nitrogens with zero attached hydrogens (tertiary/aromatic N) is 6. The number of aryl methyl sites for hydroxylation is 2. The Morgan fingerprint density at radius 1 is 1.28 bits per heavy atom. The molecule has 2 aromatic heterocycles. The maximum Gasteiger partial charge on any atom is 0.453 e. The standard InChI is InChI=1S/C20H21F3N6O3/c1-11-16(13(3)28-19(24-11)25-18(26-28)20(21,22)23)8-9-17(30)27(4)12(2)14-6-5-7-15(10-14)29(31)32/h5-7,10,12H,8-9H2,1-4H3/t12-/m1/s1. The lowest BCUT2D eigenvalue weighted by Gasteiger charge is -2.25. The average Bonchev–Trinajstić information content (AvgIpc) is 3.17. The second-order valence-corrected chi connectivity index (χ2v) is 7.44. The minimum atomic E-state index is -4.68. The number of nitro benzene ring substituents is 1. The second kappa shape index (κ2) is 8.52. The van der Waals surface area contributed by atoms with Crippen LogP contribution in [0, 0.1) is 24.0 Å². The van der Waals surface area contributed by atoms with Crippen LogP contribution in [0.2, 0.25) is 0 Å². The maximum absolute atomic E-state index is 12.9. The van der Waals surface area contributed by atoms with Gasteiger partial charge in [-0.3, -0.25) is 14.9 Å². The summed E-state index contributed by atoms with van der Waals surface area (Å²) in [5, 5.41) is 14.5. The molecule has 0 fully saturated rings. The van der Waals surface area contributed by atoms with Gasteiger partial charge in [-0.05, 0) is 38.3 Å². The van der Waals surface area contributed by atoms with Crippen molar-refractivity contribution >= 4 is 17.4 Å². The minimum absolute atomic E-state index is 0.0631. The highest BCUT2D eigenvalue weighted by Crippen LogP contribution is 2.28. The molecule has 1 atom stereocenters. The number of benzene rings is 1. The van der Waals surface area contributed by atoms with Crippen LogP contribution in [0.1, 0.15) is 47.7 Å². The lowest BCUT2D eigenvalue weighted by atomic mass is 10.0. The normalized spacial score (nSPS) is 12.7. The lowest BCUT2D eigenvalue weighted by molar-refractivity contribution is -0.384. The number of hydrogen-bond acceptors (Lipinski definition) is 6. The molecule has 0 N–H and O–H groups in total. The number of fused-ring (bicyclic) bond motifs is 1. The SMILES string of the molecule is Cc1nc2nc(C(F)(F)F)nn2c(C)c1CCC(=O)N(C)[C@H](C)c1cccc([N+](=O)[O-])c1. The summed E-state index contributed by atoms with van der Waals surface area (Å²) in [7, 11) is 1.60. The van der Waals surface area contributed by atoms with Gasteiger partial charge in [-0.2, -0.15) is 18.2 Å². The molecule has 3 rings (SSSR count). The first-order valence-corrected chi connectivity index (χ1v) is 9.70. The zero-order valence-corrected chi connectivity index (χ0v) is 17.8. The molecule has 0 aliphatic carbocycles. The van der Waals surface area contributed by atoms with E-state index in [4.69, 9.17) is 0 Å². The Balaban J connectivity index is 1.77. The monoisotopic (exact) mass is 450 g/mol. The van der Waals surface area contributed by atoms with Gasteiger partial charge in [-0.1, -0.05) is 12.1 Å². The van der Waals surface area contributed by atoms with Gasteiger partial charge in [0.1, 0.15) is 0 Å². The molecule has 170 valence electrons. The van der Waals surface area contributed by atoms with E-state index in [-0.39, 0.29) is 30.2 Å². The number of carbonyl (C=O) groups is 1. The Morgan fingerprint density at radius 2 is 1.97 bits per heavy atom. The van der Waals surface area contributed by atoms with Crippen LogP contribution in [0.4, 0.5) is 18.9 Å². The van der Waals surface area contributed by atoms with Gasteiger partial charge >= 0.3 is 6.18 Å². The molecule has 1 amide bonds. The smallest absolute Gasteiger partial charge is 0.339 e. The van der Waals surface area contributed by atoms with Gasteiger partial charge < -0.3 is 4.90 Å². The molecule has 0 bridgehead atoms. The maximum atomic E-state index is 12.9. The number of carbonyl (C=O) groups excluding carboxylic acids is 1. The first-order chi connectivity index (χ1) is 14.9. The van der Waals surface area contributed by atoms with Gasteiger partial charge in [0.2, 0.25) is 5.91 Å². The van der Waals surface area contributed by atoms with Crippen LogP contribution in [0.5, 0.6) is 0 Å². The summed E-state index contributed by atoms with van der Waals surface area (Å²) < 4.78 is 39.8. The van der Waals surface area contributed by atoms with Crippen molar-refractivity contribution in [2.45, 2.75) is 45.8 Å². The number of aromatic nitrogens is 4. The van der Waals surface area contributed by atoms with Crippen LogP contribution in [0.3, 0.4) is 0 Å². The third-order valence-corrected chi connectivity index (χ3v) is 5.43. The Hall–Kier alpha value is -3.57. The van der Waals surface area contributed by atoms with Crippen LogP contribution in [-0.2, 0) is 17.4 Å². The molecule has 0 aliphatic rings. The van der Waals surface area contributed by atoms with Gasteiger partial charge in [0.05, 0.1) is 11.0 Å². The highest BCUT2D eigenvalue weighted by atomic mass is 19.4. The number of non-ortho nitro benzene ring substituents is 1. The zero-order valence-electron chi connectivity index (χ0n) is 17.8. The molecule has 2 heterocycles. The third-order valence-electron chi connectivity index (χ3n) is 5.43. The quantitative estimate of drug-likeness (QED) is 0.418. The fourth-order valence-electron chi connectivity index (χ4n) is 3.44. The van der Waals surface area contributed by atoms with Crippen LogP contribution < -0.4 is 0 Å². The van der Waals surface area contributed by atoms with E-state index in [1.54, 1.807) is 40.0 Å². The summed E-state index contributed by atoms with van der Waals surface area (Å²) in [5.41, 5.74) is 2.07. The predicted octanol–water partition coefficient (Wildman–Crippen LogP) is 3.82. The first kappa shape index (κ1) is 23.1. The van der Waals surface area contributed by atoms with Crippen molar-refractivity contribution in [2.75, 3.05) is 7.05 Å². The van der Waals surface area contributed by atoms with Gasteiger partial charge in [0, 0.05) is 37.0 Å². The molecule has 0 saturated heterocycles. The number of amides is 1. The minimum Gasteiger partial charge on any atom is -0.339 e. The fourth-order valence-corrected chi connectivity index (χ4v) is 3.44. The van der Waals surface area contributed by atoms with E-state index >= 15 is 0 Å². The van der Waals surface area contributed by atoms with E-state index in [0.29, 0.717) is 22.5 Å². The molecule has 12 heteroatoms. The molecule has 3 aromatic rings. The van der Waals surface area contributed by atoms with Gasteiger partial charge in [0.25, 0.3) is 17.3 Å². The highest BCUT2D eigenvalue weighted by Gasteiger charge is 2.37. The Kier molecular flexibility index (Phi) is 6.15. The van der Waals surface area contributed by atoms with Crippen LogP contribution in [0.25, 0.3) is 5.78 Å². The van der Waals surface area contributed by atoms with Crippen molar-refractivity contribution in [3.8, 4) is 0 Å². The van der Waals surface area contributed by atoms with E-state index in [2.05, 4.69) is 15.1 Å². The number of alkyl halides is 3. The topological polar surface area (TPSA) is 107 Å². The van der Waals surface area contributed by atoms with E-state index in [9.17, 15) is 28.1 Å². The lowest BCUT2D eigenvalue weighted by Crippen LogP contribution is -2.30. The average molecular weight is 450 g/mol. The van der Waals surface area contributed by atoms with Gasteiger partial charge in [-0.15, -0.1) is 5.10 Å². The summed E-state index contributed by atoms with van der Waals surface area (Å²) in [6.07, 6.45) is -4.37. The Bertz CT molecular complexity index is 1190. The van der Waals surface area contributed by atoms with E-state index in [1.165, 1.54) is 17.0 Å². The van der Waals surface area contributed by atoms with Gasteiger partial charge in [-0.25, -0.2) is 9.50 Å². The number of halogens is 3. The van der Waals surface area contributed by atoms with Crippen molar-refractivity contribution in [3.63, 3.8) is 0 Å². The molecule has 0 unspecified atom stereocenters. The zero-order chi connectivity index (χ0) is 23.8. The molecule has 9 nitrogen and oxygen atoms in total. The molecular weight excluding hydrogens is 429 g/mol. The predicted molar refractivity (Wildman–Crippen MR) is 108 cm³/mol. The summed E-state index contributed by atoms with van der Waals surface area (Å²) in [4.78, 5) is 32.3. The largest absolute Gasteiger partial charge is 0.453 e. The third kappa shape index (κ3) is 4.53. The molecule has 1 aromatic carbocycles. The highest BCUT2D eigenvalue weighted by molar-refractivity contribution is 5.76. The van der Waals surface area contributed by atoms with E-state index in [1.807, 2.05) is 0 Å². The summed E-state index contributed by atoms with van der Waals surface area (Å²) >= 11 is 0. The molecule has 32 heavy (non-hydrogen) atoms. The van der Waals surface area contributed by atoms with E-state index in [0.717, 1.165) is 4.52 Å². The van der Waals surface area contributed by atoms with Crippen molar-refractivity contribution < 1.29 is 22.9 Å². The molecule has 0 aliphatic heterocycles. The molecule has 0 saturated carbocycles. The summed E-state index contributed by atoms with van der Waals surface area (Å²) in [5.74, 6) is -1.65. The molecule has 0 radical (unpaired) electrons. The Morgan fingerprint density at radius 3 is 2.59 bits per heavy atom. The van der Waals surface area contributed by atoms with Crippen molar-refractivity contribution in [1.29, 1.82) is 0 Å². The number of rotatable bonds is 6. The molecular formula is C20H21F3N6O3. The summed E-state index contributed by atoms with van der Waals surface area (Å²) in [6, 6.07) is 5.65. The van der Waals surface area contributed by atoms with Crippen LogP contribution >= 0.6 is 0 Å². The second-order valence-electron chi connectivity index (χ2n) is 7.44. The van der Waals surface area contributed by atoms with Crippen LogP contribution in [-0.4, -0.2) is 42.4 Å². The summed E-state index contributed by atoms with van der Waals surface area (Å²) in [6.45, 7) is 5.01. The molecule has 0 spiro atoms. The van der Waals surface area contributed by atoms with Crippen molar-refractivity contribution in [3.05, 3.63) is 62.7 Å². The number of nitro groups is 1. The van der Waals surface area contributed by atoms with Crippen molar-refractivity contribution in [2.24, 2.45) is 0 Å². The fraction of sp³-hybridized carbons (Fsp3) is 0.400.